The van der Waals surface area contributed by atoms with Crippen LogP contribution in [0.3, 0.4) is 0 Å². The number of benzene rings is 1. The van der Waals surface area contributed by atoms with Gasteiger partial charge in [-0.1, -0.05) is 12.1 Å². The van der Waals surface area contributed by atoms with Crippen LogP contribution in [-0.2, 0) is 11.3 Å². The van der Waals surface area contributed by atoms with Gasteiger partial charge in [-0.15, -0.1) is 0 Å². The van der Waals surface area contributed by atoms with Gasteiger partial charge in [0, 0.05) is 19.6 Å². The lowest BCUT2D eigenvalue weighted by Crippen LogP contribution is -2.39. The molecule has 0 aromatic heterocycles. The Bertz CT molecular complexity index is 556. The molecule has 1 heterocycles. The van der Waals surface area contributed by atoms with E-state index in [1.165, 1.54) is 12.1 Å². The molecule has 1 aliphatic rings. The van der Waals surface area contributed by atoms with Crippen LogP contribution in [0.4, 0.5) is 4.79 Å². The number of rotatable bonds is 4. The van der Waals surface area contributed by atoms with Crippen molar-refractivity contribution < 1.29 is 19.5 Å². The van der Waals surface area contributed by atoms with Crippen LogP contribution in [0.25, 0.3) is 0 Å². The van der Waals surface area contributed by atoms with Gasteiger partial charge in [0.05, 0.1) is 11.5 Å². The highest BCUT2D eigenvalue weighted by Gasteiger charge is 2.29. The van der Waals surface area contributed by atoms with Gasteiger partial charge in [0.2, 0.25) is 5.91 Å². The van der Waals surface area contributed by atoms with Gasteiger partial charge in [-0.3, -0.25) is 4.79 Å². The third-order valence-corrected chi connectivity index (χ3v) is 3.52. The molecule has 1 aliphatic heterocycles. The highest BCUT2D eigenvalue weighted by molar-refractivity contribution is 5.87. The topological polar surface area (TPSA) is 113 Å². The Morgan fingerprint density at radius 1 is 1.29 bits per heavy atom. The first-order valence-corrected chi connectivity index (χ1v) is 6.61. The summed E-state index contributed by atoms with van der Waals surface area (Å²) in [6.07, 6.45) is 0.593. The molecule has 0 aliphatic carbocycles. The number of hydrogen-bond donors (Lipinski definition) is 3. The first-order valence-electron chi connectivity index (χ1n) is 6.61. The Morgan fingerprint density at radius 3 is 2.48 bits per heavy atom. The Labute approximate surface area is 121 Å². The lowest BCUT2D eigenvalue weighted by Gasteiger charge is -2.16. The van der Waals surface area contributed by atoms with Crippen LogP contribution in [-0.4, -0.2) is 41.0 Å². The fraction of sp³-hybridized carbons (Fsp3) is 0.357. The number of likely N-dealkylation sites (tertiary alicyclic amines) is 1. The van der Waals surface area contributed by atoms with Crippen LogP contribution < -0.4 is 11.1 Å². The molecule has 1 fully saturated rings. The second-order valence-electron chi connectivity index (χ2n) is 4.99. The molecule has 1 aromatic rings. The van der Waals surface area contributed by atoms with Gasteiger partial charge in [0.25, 0.3) is 0 Å². The zero-order valence-corrected chi connectivity index (χ0v) is 11.4. The second-order valence-corrected chi connectivity index (χ2v) is 4.99. The van der Waals surface area contributed by atoms with Gasteiger partial charge in [-0.25, -0.2) is 9.59 Å². The van der Waals surface area contributed by atoms with Gasteiger partial charge in [-0.2, -0.15) is 0 Å². The Kier molecular flexibility index (Phi) is 4.42. The molecular formula is C14H17N3O4. The molecule has 2 rings (SSSR count). The van der Waals surface area contributed by atoms with Crippen LogP contribution in [0.1, 0.15) is 22.3 Å². The number of hydrogen-bond acceptors (Lipinski definition) is 3. The molecule has 112 valence electrons. The number of amides is 3. The molecule has 0 bridgehead atoms. The summed E-state index contributed by atoms with van der Waals surface area (Å²) < 4.78 is 0. The van der Waals surface area contributed by atoms with Crippen molar-refractivity contribution >= 4 is 17.9 Å². The fourth-order valence-corrected chi connectivity index (χ4v) is 2.23. The van der Waals surface area contributed by atoms with E-state index in [2.05, 4.69) is 5.32 Å². The summed E-state index contributed by atoms with van der Waals surface area (Å²) in [7, 11) is 0. The maximum atomic E-state index is 11.9. The number of carboxylic acids is 1. The van der Waals surface area contributed by atoms with Crippen molar-refractivity contribution in [3.63, 3.8) is 0 Å². The molecule has 1 saturated heterocycles. The van der Waals surface area contributed by atoms with Crippen molar-refractivity contribution in [1.29, 1.82) is 0 Å². The summed E-state index contributed by atoms with van der Waals surface area (Å²) in [4.78, 5) is 35.3. The van der Waals surface area contributed by atoms with Crippen LogP contribution in [0.5, 0.6) is 0 Å². The molecule has 0 saturated carbocycles. The lowest BCUT2D eigenvalue weighted by atomic mass is 10.1. The summed E-state index contributed by atoms with van der Waals surface area (Å²) in [5, 5.41) is 11.5. The van der Waals surface area contributed by atoms with E-state index in [1.54, 1.807) is 17.0 Å². The summed E-state index contributed by atoms with van der Waals surface area (Å²) in [5.74, 6) is -1.64. The standard InChI is InChI=1S/C14H17N3O4/c15-12(18)11-5-6-17(8-11)14(21)16-7-9-1-3-10(4-2-9)13(19)20/h1-4,11H,5-8H2,(H2,15,18)(H,16,21)(H,19,20). The van der Waals surface area contributed by atoms with Crippen molar-refractivity contribution in [2.75, 3.05) is 13.1 Å². The van der Waals surface area contributed by atoms with E-state index in [0.717, 1.165) is 5.56 Å². The minimum Gasteiger partial charge on any atom is -0.478 e. The van der Waals surface area contributed by atoms with Crippen molar-refractivity contribution in [3.05, 3.63) is 35.4 Å². The van der Waals surface area contributed by atoms with Gasteiger partial charge in [0.1, 0.15) is 0 Å². The van der Waals surface area contributed by atoms with Gasteiger partial charge in [0.15, 0.2) is 0 Å². The zero-order valence-electron chi connectivity index (χ0n) is 11.4. The van der Waals surface area contributed by atoms with E-state index in [0.29, 0.717) is 26.1 Å². The van der Waals surface area contributed by atoms with E-state index < -0.39 is 5.97 Å². The second kappa shape index (κ2) is 6.25. The predicted molar refractivity (Wildman–Crippen MR) is 74.5 cm³/mol. The molecule has 0 radical (unpaired) electrons. The largest absolute Gasteiger partial charge is 0.478 e. The fourth-order valence-electron chi connectivity index (χ4n) is 2.23. The maximum absolute atomic E-state index is 11.9. The Hall–Kier alpha value is -2.57. The van der Waals surface area contributed by atoms with Crippen LogP contribution in [0.2, 0.25) is 0 Å². The predicted octanol–water partition coefficient (Wildman–Crippen LogP) is 0.402. The van der Waals surface area contributed by atoms with Gasteiger partial charge >= 0.3 is 12.0 Å². The molecule has 3 amide bonds. The SMILES string of the molecule is NC(=O)C1CCN(C(=O)NCc2ccc(C(=O)O)cc2)C1. The van der Waals surface area contributed by atoms with Crippen LogP contribution in [0, 0.1) is 5.92 Å². The van der Waals surface area contributed by atoms with Crippen LogP contribution in [0.15, 0.2) is 24.3 Å². The molecule has 21 heavy (non-hydrogen) atoms. The zero-order chi connectivity index (χ0) is 15.4. The van der Waals surface area contributed by atoms with Gasteiger partial charge in [-0.05, 0) is 24.1 Å². The third kappa shape index (κ3) is 3.71. The maximum Gasteiger partial charge on any atom is 0.335 e. The molecule has 1 aromatic carbocycles. The van der Waals surface area contributed by atoms with Crippen LogP contribution >= 0.6 is 0 Å². The molecular weight excluding hydrogens is 274 g/mol. The molecule has 4 N–H and O–H groups in total. The minimum absolute atomic E-state index is 0.203. The minimum atomic E-state index is -0.986. The van der Waals surface area contributed by atoms with E-state index >= 15 is 0 Å². The quantitative estimate of drug-likeness (QED) is 0.745. The third-order valence-electron chi connectivity index (χ3n) is 3.52. The molecule has 0 spiro atoms. The normalized spacial score (nSPS) is 17.5. The Morgan fingerprint density at radius 2 is 1.95 bits per heavy atom. The number of carbonyl (C=O) groups excluding carboxylic acids is 2. The van der Waals surface area contributed by atoms with Crippen molar-refractivity contribution in [2.24, 2.45) is 11.7 Å². The summed E-state index contributed by atoms with van der Waals surface area (Å²) in [6.45, 7) is 1.16. The summed E-state index contributed by atoms with van der Waals surface area (Å²) in [6, 6.07) is 6.03. The number of nitrogens with two attached hydrogens (primary N) is 1. The van der Waals surface area contributed by atoms with E-state index in [-0.39, 0.29) is 23.4 Å². The van der Waals surface area contributed by atoms with Crippen molar-refractivity contribution in [3.8, 4) is 0 Å². The molecule has 1 unspecified atom stereocenters. The average Bonchev–Trinajstić information content (AvgIpc) is 2.95. The Balaban J connectivity index is 1.84. The average molecular weight is 291 g/mol. The van der Waals surface area contributed by atoms with E-state index in [4.69, 9.17) is 10.8 Å². The van der Waals surface area contributed by atoms with Crippen molar-refractivity contribution in [2.45, 2.75) is 13.0 Å². The first-order chi connectivity index (χ1) is 9.97. The number of aromatic carboxylic acids is 1. The molecule has 7 heteroatoms. The number of urea groups is 1. The highest BCUT2D eigenvalue weighted by Crippen LogP contribution is 2.15. The van der Waals surface area contributed by atoms with E-state index in [1.807, 2.05) is 0 Å². The number of primary amides is 1. The lowest BCUT2D eigenvalue weighted by molar-refractivity contribution is -0.121. The number of nitrogens with one attached hydrogen (secondary N) is 1. The highest BCUT2D eigenvalue weighted by atomic mass is 16.4. The number of carbonyl (C=O) groups is 3. The molecule has 1 atom stereocenters. The van der Waals surface area contributed by atoms with Gasteiger partial charge < -0.3 is 21.1 Å². The van der Waals surface area contributed by atoms with E-state index in [9.17, 15) is 14.4 Å². The number of carboxylic acid groups (broad SMARTS) is 1. The summed E-state index contributed by atoms with van der Waals surface area (Å²) >= 11 is 0. The summed E-state index contributed by atoms with van der Waals surface area (Å²) in [5.41, 5.74) is 6.23. The smallest absolute Gasteiger partial charge is 0.335 e. The van der Waals surface area contributed by atoms with Crippen molar-refractivity contribution in [1.82, 2.24) is 10.2 Å². The molecule has 7 nitrogen and oxygen atoms in total. The number of nitrogens with zero attached hydrogens (tertiary/aromatic N) is 1. The monoisotopic (exact) mass is 291 g/mol. The first kappa shape index (κ1) is 14.8.